The first kappa shape index (κ1) is 15.1. The Labute approximate surface area is 143 Å². The van der Waals surface area contributed by atoms with Crippen molar-refractivity contribution in [2.24, 2.45) is 13.0 Å². The van der Waals surface area contributed by atoms with Crippen LogP contribution in [0.15, 0.2) is 30.9 Å². The molecule has 24 heavy (non-hydrogen) atoms. The van der Waals surface area contributed by atoms with Gasteiger partial charge in [-0.15, -0.1) is 11.3 Å². The fourth-order valence-corrected chi connectivity index (χ4v) is 3.52. The Morgan fingerprint density at radius 2 is 2.21 bits per heavy atom. The number of anilines is 1. The number of carbonyl (C=O) groups is 1. The molecule has 0 aliphatic heterocycles. The lowest BCUT2D eigenvalue weighted by molar-refractivity contribution is 0.102. The summed E-state index contributed by atoms with van der Waals surface area (Å²) in [7, 11) is 1.85. The second-order valence-electron chi connectivity index (χ2n) is 6.13. The molecule has 0 saturated heterocycles. The Morgan fingerprint density at radius 1 is 1.38 bits per heavy atom. The van der Waals surface area contributed by atoms with Gasteiger partial charge < -0.3 is 5.32 Å². The maximum Gasteiger partial charge on any atom is 0.268 e. The smallest absolute Gasteiger partial charge is 0.268 e. The van der Waals surface area contributed by atoms with Gasteiger partial charge in [-0.2, -0.15) is 10.2 Å². The van der Waals surface area contributed by atoms with Crippen LogP contribution in [0, 0.1) is 5.92 Å². The van der Waals surface area contributed by atoms with Crippen LogP contribution in [0.4, 0.5) is 5.82 Å². The Morgan fingerprint density at radius 3 is 2.92 bits per heavy atom. The molecule has 4 rings (SSSR count). The zero-order valence-electron chi connectivity index (χ0n) is 13.5. The first-order chi connectivity index (χ1) is 11.6. The van der Waals surface area contributed by atoms with Crippen LogP contribution >= 0.6 is 11.3 Å². The summed E-state index contributed by atoms with van der Waals surface area (Å²) in [4.78, 5) is 17.4. The van der Waals surface area contributed by atoms with Gasteiger partial charge in [0.1, 0.15) is 15.7 Å². The topological polar surface area (TPSA) is 77.6 Å². The molecule has 1 fully saturated rings. The molecule has 0 aromatic carbocycles. The molecule has 3 heterocycles. The number of hydrogen-bond donors (Lipinski definition) is 1. The predicted molar refractivity (Wildman–Crippen MR) is 91.9 cm³/mol. The summed E-state index contributed by atoms with van der Waals surface area (Å²) in [5, 5.41) is 12.2. The molecule has 0 radical (unpaired) electrons. The SMILES string of the molecule is C[C@H](C1CC1)n1nccc1NC(=O)c1cnc(-c2cnn(C)c2)s1. The largest absolute Gasteiger partial charge is 0.306 e. The average Bonchev–Trinajstić information content (AvgIpc) is 2.97. The molecule has 3 aromatic heterocycles. The second-order valence-corrected chi connectivity index (χ2v) is 7.16. The van der Waals surface area contributed by atoms with Crippen LogP contribution in [0.25, 0.3) is 10.6 Å². The molecule has 1 N–H and O–H groups in total. The van der Waals surface area contributed by atoms with Crippen LogP contribution in [-0.2, 0) is 7.05 Å². The molecule has 0 bridgehead atoms. The van der Waals surface area contributed by atoms with Crippen molar-refractivity contribution < 1.29 is 4.79 Å². The fourth-order valence-electron chi connectivity index (χ4n) is 2.74. The number of carbonyl (C=O) groups excluding carboxylic acids is 1. The Kier molecular flexibility index (Phi) is 3.68. The first-order valence-electron chi connectivity index (χ1n) is 7.91. The van der Waals surface area contributed by atoms with Gasteiger partial charge in [0.15, 0.2) is 0 Å². The number of amides is 1. The highest BCUT2D eigenvalue weighted by atomic mass is 32.1. The molecule has 1 amide bonds. The van der Waals surface area contributed by atoms with Crippen molar-refractivity contribution in [3.63, 3.8) is 0 Å². The van der Waals surface area contributed by atoms with Gasteiger partial charge in [0.2, 0.25) is 0 Å². The number of rotatable bonds is 5. The Hall–Kier alpha value is -2.48. The third kappa shape index (κ3) is 2.84. The van der Waals surface area contributed by atoms with Crippen LogP contribution in [0.1, 0.15) is 35.5 Å². The van der Waals surface area contributed by atoms with E-state index in [9.17, 15) is 4.79 Å². The van der Waals surface area contributed by atoms with Gasteiger partial charge in [-0.25, -0.2) is 9.67 Å². The van der Waals surface area contributed by atoms with Crippen molar-refractivity contribution in [3.05, 3.63) is 35.7 Å². The van der Waals surface area contributed by atoms with Gasteiger partial charge in [-0.05, 0) is 25.7 Å². The van der Waals surface area contributed by atoms with E-state index in [1.54, 1.807) is 23.3 Å². The zero-order chi connectivity index (χ0) is 16.7. The molecule has 3 aromatic rings. The molecule has 124 valence electrons. The molecular weight excluding hydrogens is 324 g/mol. The quantitative estimate of drug-likeness (QED) is 0.773. The number of hydrogen-bond acceptors (Lipinski definition) is 5. The highest BCUT2D eigenvalue weighted by Crippen LogP contribution is 2.40. The molecule has 0 unspecified atom stereocenters. The summed E-state index contributed by atoms with van der Waals surface area (Å²) in [5.41, 5.74) is 0.911. The minimum Gasteiger partial charge on any atom is -0.306 e. The van der Waals surface area contributed by atoms with E-state index in [1.165, 1.54) is 24.2 Å². The lowest BCUT2D eigenvalue weighted by Gasteiger charge is -2.14. The van der Waals surface area contributed by atoms with E-state index in [0.717, 1.165) is 16.4 Å². The van der Waals surface area contributed by atoms with Crippen molar-refractivity contribution in [3.8, 4) is 10.6 Å². The second kappa shape index (κ2) is 5.86. The van der Waals surface area contributed by atoms with E-state index < -0.39 is 0 Å². The molecule has 1 saturated carbocycles. The lowest BCUT2D eigenvalue weighted by Crippen LogP contribution is -2.17. The minimum atomic E-state index is -0.160. The highest BCUT2D eigenvalue weighted by Gasteiger charge is 2.30. The van der Waals surface area contributed by atoms with Crippen molar-refractivity contribution in [1.29, 1.82) is 0 Å². The van der Waals surface area contributed by atoms with E-state index in [0.29, 0.717) is 16.8 Å². The molecule has 8 heteroatoms. The maximum atomic E-state index is 12.5. The summed E-state index contributed by atoms with van der Waals surface area (Å²) in [6, 6.07) is 2.14. The average molecular weight is 342 g/mol. The monoisotopic (exact) mass is 342 g/mol. The summed E-state index contributed by atoms with van der Waals surface area (Å²) in [6.45, 7) is 2.15. The van der Waals surface area contributed by atoms with E-state index in [2.05, 4.69) is 27.4 Å². The van der Waals surface area contributed by atoms with Gasteiger partial charge in [-0.1, -0.05) is 0 Å². The van der Waals surface area contributed by atoms with Crippen LogP contribution in [-0.4, -0.2) is 30.5 Å². The normalized spacial score (nSPS) is 15.4. The Bertz CT molecular complexity index is 875. The third-order valence-electron chi connectivity index (χ3n) is 4.28. The van der Waals surface area contributed by atoms with Gasteiger partial charge >= 0.3 is 0 Å². The van der Waals surface area contributed by atoms with Gasteiger partial charge in [-0.3, -0.25) is 9.48 Å². The highest BCUT2D eigenvalue weighted by molar-refractivity contribution is 7.17. The molecule has 0 spiro atoms. The molecule has 1 aliphatic carbocycles. The van der Waals surface area contributed by atoms with Gasteiger partial charge in [0, 0.05) is 24.9 Å². The first-order valence-corrected chi connectivity index (χ1v) is 8.73. The van der Waals surface area contributed by atoms with Crippen LogP contribution < -0.4 is 5.32 Å². The number of aromatic nitrogens is 5. The van der Waals surface area contributed by atoms with Crippen LogP contribution in [0.2, 0.25) is 0 Å². The molecule has 1 atom stereocenters. The zero-order valence-corrected chi connectivity index (χ0v) is 14.3. The molecular formula is C16H18N6OS. The van der Waals surface area contributed by atoms with E-state index in [1.807, 2.05) is 24.0 Å². The summed E-state index contributed by atoms with van der Waals surface area (Å²) >= 11 is 1.36. The summed E-state index contributed by atoms with van der Waals surface area (Å²) < 4.78 is 3.62. The predicted octanol–water partition coefficient (Wildman–Crippen LogP) is 2.96. The van der Waals surface area contributed by atoms with Crippen LogP contribution in [0.3, 0.4) is 0 Å². The number of aryl methyl sites for hydroxylation is 1. The van der Waals surface area contributed by atoms with Crippen molar-refractivity contribution >= 4 is 23.1 Å². The summed E-state index contributed by atoms with van der Waals surface area (Å²) in [5.74, 6) is 1.24. The maximum absolute atomic E-state index is 12.5. The van der Waals surface area contributed by atoms with Crippen molar-refractivity contribution in [1.82, 2.24) is 24.5 Å². The number of nitrogens with zero attached hydrogens (tertiary/aromatic N) is 5. The minimum absolute atomic E-state index is 0.160. The Balaban J connectivity index is 1.51. The van der Waals surface area contributed by atoms with E-state index >= 15 is 0 Å². The van der Waals surface area contributed by atoms with E-state index in [-0.39, 0.29) is 5.91 Å². The molecule has 7 nitrogen and oxygen atoms in total. The van der Waals surface area contributed by atoms with Crippen molar-refractivity contribution in [2.75, 3.05) is 5.32 Å². The van der Waals surface area contributed by atoms with Crippen molar-refractivity contribution in [2.45, 2.75) is 25.8 Å². The fraction of sp³-hybridized carbons (Fsp3) is 0.375. The summed E-state index contributed by atoms with van der Waals surface area (Å²) in [6.07, 6.45) is 9.42. The van der Waals surface area contributed by atoms with Crippen LogP contribution in [0.5, 0.6) is 0 Å². The standard InChI is InChI=1S/C16H18N6OS/c1-10(11-3-4-11)22-14(5-6-18-22)20-15(23)13-8-17-16(24-13)12-7-19-21(2)9-12/h5-11H,3-4H2,1-2H3,(H,20,23)/t10-/m1/s1. The number of thiazole rings is 1. The number of nitrogens with one attached hydrogen (secondary N) is 1. The lowest BCUT2D eigenvalue weighted by atomic mass is 10.2. The third-order valence-corrected chi connectivity index (χ3v) is 5.33. The van der Waals surface area contributed by atoms with E-state index in [4.69, 9.17) is 0 Å². The molecule has 1 aliphatic rings. The van der Waals surface area contributed by atoms with Gasteiger partial charge in [0.25, 0.3) is 5.91 Å². The van der Waals surface area contributed by atoms with Gasteiger partial charge in [0.05, 0.1) is 24.6 Å².